The van der Waals surface area contributed by atoms with Crippen molar-refractivity contribution in [3.05, 3.63) is 102 Å². The Kier molecular flexibility index (Phi) is 4.89. The fourth-order valence-electron chi connectivity index (χ4n) is 4.21. The Labute approximate surface area is 199 Å². The normalized spacial score (nSPS) is 11.3. The van der Waals surface area contributed by atoms with Crippen LogP contribution in [0.4, 0.5) is 5.69 Å². The number of hydrogen-bond donors (Lipinski definition) is 3. The Morgan fingerprint density at radius 3 is 2.82 bits per heavy atom. The number of nitrogens with one attached hydrogen (secondary N) is 3. The largest absolute Gasteiger partial charge is 0.361 e. The first-order valence-electron chi connectivity index (χ1n) is 10.8. The third-order valence-electron chi connectivity index (χ3n) is 5.88. The molecule has 6 rings (SSSR count). The lowest BCUT2D eigenvalue weighted by atomic mass is 9.99. The van der Waals surface area contributed by atoms with Crippen LogP contribution in [0.25, 0.3) is 32.9 Å². The molecule has 3 aromatic heterocycles. The molecule has 0 bridgehead atoms. The lowest BCUT2D eigenvalue weighted by molar-refractivity contribution is 0.102. The fraction of sp³-hybridized carbons (Fsp3) is 0.0385. The van der Waals surface area contributed by atoms with Crippen LogP contribution < -0.4 is 5.32 Å². The summed E-state index contributed by atoms with van der Waals surface area (Å²) in [5.41, 5.74) is 5.85. The van der Waals surface area contributed by atoms with Crippen molar-refractivity contribution in [2.45, 2.75) is 6.54 Å². The first-order valence-corrected chi connectivity index (χ1v) is 11.2. The SMILES string of the molecule is O=C(Nc1cc(-c2cccc3[nH]ccc23)cc2[nH]ncc12)c1ccn(Cc2ccccc2Cl)n1. The molecule has 0 atom stereocenters. The van der Waals surface area contributed by atoms with Crippen molar-refractivity contribution in [3.63, 3.8) is 0 Å². The van der Waals surface area contributed by atoms with E-state index in [9.17, 15) is 4.79 Å². The molecular formula is C26H19ClN6O. The molecule has 8 heteroatoms. The summed E-state index contributed by atoms with van der Waals surface area (Å²) in [4.78, 5) is 16.3. The van der Waals surface area contributed by atoms with Gasteiger partial charge in [-0.25, -0.2) is 0 Å². The summed E-state index contributed by atoms with van der Waals surface area (Å²) in [6.07, 6.45) is 5.40. The minimum absolute atomic E-state index is 0.294. The Hall–Kier alpha value is -4.36. The van der Waals surface area contributed by atoms with Gasteiger partial charge in [0.1, 0.15) is 0 Å². The monoisotopic (exact) mass is 466 g/mol. The Bertz CT molecular complexity index is 1660. The third kappa shape index (κ3) is 3.62. The molecule has 3 aromatic carbocycles. The van der Waals surface area contributed by atoms with Crippen LogP contribution in [0.5, 0.6) is 0 Å². The summed E-state index contributed by atoms with van der Waals surface area (Å²) in [5, 5.41) is 17.3. The van der Waals surface area contributed by atoms with Crippen LogP contribution in [-0.4, -0.2) is 30.9 Å². The van der Waals surface area contributed by atoms with Gasteiger partial charge in [-0.05, 0) is 53.1 Å². The van der Waals surface area contributed by atoms with E-state index in [0.29, 0.717) is 22.9 Å². The number of anilines is 1. The van der Waals surface area contributed by atoms with Crippen LogP contribution in [0.3, 0.4) is 0 Å². The predicted molar refractivity (Wildman–Crippen MR) is 134 cm³/mol. The van der Waals surface area contributed by atoms with Crippen molar-refractivity contribution in [3.8, 4) is 11.1 Å². The number of carbonyl (C=O) groups is 1. The molecule has 0 spiro atoms. The molecule has 0 radical (unpaired) electrons. The van der Waals surface area contributed by atoms with E-state index < -0.39 is 0 Å². The van der Waals surface area contributed by atoms with Crippen LogP contribution >= 0.6 is 11.6 Å². The van der Waals surface area contributed by atoms with Crippen molar-refractivity contribution < 1.29 is 4.79 Å². The van der Waals surface area contributed by atoms with Crippen LogP contribution in [0.2, 0.25) is 5.02 Å². The average Bonchev–Trinajstić information content (AvgIpc) is 3.60. The van der Waals surface area contributed by atoms with Gasteiger partial charge in [-0.2, -0.15) is 10.2 Å². The number of halogens is 1. The number of fused-ring (bicyclic) bond motifs is 2. The van der Waals surface area contributed by atoms with E-state index in [-0.39, 0.29) is 5.91 Å². The van der Waals surface area contributed by atoms with E-state index in [1.54, 1.807) is 23.1 Å². The average molecular weight is 467 g/mol. The number of aromatic amines is 2. The highest BCUT2D eigenvalue weighted by Gasteiger charge is 2.15. The second kappa shape index (κ2) is 8.20. The van der Waals surface area contributed by atoms with E-state index >= 15 is 0 Å². The molecule has 0 aliphatic rings. The molecule has 0 saturated carbocycles. The van der Waals surface area contributed by atoms with Crippen molar-refractivity contribution in [2.24, 2.45) is 0 Å². The minimum atomic E-state index is -0.294. The quantitative estimate of drug-likeness (QED) is 0.297. The summed E-state index contributed by atoms with van der Waals surface area (Å²) >= 11 is 6.26. The topological polar surface area (TPSA) is 91.4 Å². The molecule has 7 nitrogen and oxygen atoms in total. The van der Waals surface area contributed by atoms with E-state index in [2.05, 4.69) is 31.7 Å². The zero-order chi connectivity index (χ0) is 23.1. The van der Waals surface area contributed by atoms with Gasteiger partial charge in [-0.3, -0.25) is 14.6 Å². The van der Waals surface area contributed by atoms with Crippen molar-refractivity contribution in [2.75, 3.05) is 5.32 Å². The molecule has 0 aliphatic heterocycles. The number of hydrogen-bond acceptors (Lipinski definition) is 3. The van der Waals surface area contributed by atoms with Crippen LogP contribution in [-0.2, 0) is 6.54 Å². The van der Waals surface area contributed by atoms with Crippen LogP contribution in [0.15, 0.2) is 85.3 Å². The number of H-pyrrole nitrogens is 2. The lowest BCUT2D eigenvalue weighted by Crippen LogP contribution is -2.14. The van der Waals surface area contributed by atoms with E-state index in [4.69, 9.17) is 11.6 Å². The predicted octanol–water partition coefficient (Wildman–Crippen LogP) is 5.86. The van der Waals surface area contributed by atoms with Gasteiger partial charge in [0.2, 0.25) is 0 Å². The molecule has 166 valence electrons. The van der Waals surface area contributed by atoms with Crippen LogP contribution in [0, 0.1) is 0 Å². The van der Waals surface area contributed by atoms with Crippen LogP contribution in [0.1, 0.15) is 16.1 Å². The van der Waals surface area contributed by atoms with Gasteiger partial charge >= 0.3 is 0 Å². The van der Waals surface area contributed by atoms with Gasteiger partial charge in [0.05, 0.1) is 23.9 Å². The highest BCUT2D eigenvalue weighted by atomic mass is 35.5. The Balaban J connectivity index is 1.32. The number of aromatic nitrogens is 5. The van der Waals surface area contributed by atoms with Crippen molar-refractivity contribution in [1.82, 2.24) is 25.0 Å². The summed E-state index contributed by atoms with van der Waals surface area (Å²) in [6, 6.07) is 21.5. The maximum absolute atomic E-state index is 13.1. The summed E-state index contributed by atoms with van der Waals surface area (Å²) < 4.78 is 1.70. The second-order valence-electron chi connectivity index (χ2n) is 8.04. The number of benzene rings is 3. The molecule has 6 aromatic rings. The molecule has 3 N–H and O–H groups in total. The van der Waals surface area contributed by atoms with Gasteiger partial charge in [0, 0.05) is 33.7 Å². The van der Waals surface area contributed by atoms with E-state index in [0.717, 1.165) is 38.5 Å². The molecular weight excluding hydrogens is 448 g/mol. The fourth-order valence-corrected chi connectivity index (χ4v) is 4.40. The van der Waals surface area contributed by atoms with E-state index in [1.165, 1.54) is 0 Å². The smallest absolute Gasteiger partial charge is 0.276 e. The molecule has 0 fully saturated rings. The molecule has 3 heterocycles. The first-order chi connectivity index (χ1) is 16.7. The highest BCUT2D eigenvalue weighted by Crippen LogP contribution is 2.34. The van der Waals surface area contributed by atoms with Crippen molar-refractivity contribution in [1.29, 1.82) is 0 Å². The zero-order valence-corrected chi connectivity index (χ0v) is 18.7. The van der Waals surface area contributed by atoms with E-state index in [1.807, 2.05) is 60.8 Å². The van der Waals surface area contributed by atoms with Gasteiger partial charge in [-0.1, -0.05) is 41.9 Å². The molecule has 34 heavy (non-hydrogen) atoms. The Morgan fingerprint density at radius 1 is 1.00 bits per heavy atom. The number of nitrogens with zero attached hydrogens (tertiary/aromatic N) is 3. The maximum Gasteiger partial charge on any atom is 0.276 e. The lowest BCUT2D eigenvalue weighted by Gasteiger charge is -2.10. The third-order valence-corrected chi connectivity index (χ3v) is 6.25. The van der Waals surface area contributed by atoms with Gasteiger partial charge < -0.3 is 10.3 Å². The number of rotatable bonds is 5. The second-order valence-corrected chi connectivity index (χ2v) is 8.45. The molecule has 0 saturated heterocycles. The number of amides is 1. The summed E-state index contributed by atoms with van der Waals surface area (Å²) in [7, 11) is 0. The number of carbonyl (C=O) groups excluding carboxylic acids is 1. The summed E-state index contributed by atoms with van der Waals surface area (Å²) in [6.45, 7) is 0.481. The molecule has 1 amide bonds. The standard InChI is InChI=1S/C26H19ClN6O/c27-21-6-2-1-4-16(21)15-33-11-9-23(32-33)26(34)30-24-12-17(13-25-20(24)14-29-31-25)18-5-3-7-22-19(18)8-10-28-22/h1-14,28H,15H2,(H,29,31)(H,30,34). The van der Waals surface area contributed by atoms with Gasteiger partial charge in [0.25, 0.3) is 5.91 Å². The first kappa shape index (κ1) is 20.3. The summed E-state index contributed by atoms with van der Waals surface area (Å²) in [5.74, 6) is -0.294. The van der Waals surface area contributed by atoms with Crippen molar-refractivity contribution >= 4 is 45.0 Å². The maximum atomic E-state index is 13.1. The van der Waals surface area contributed by atoms with Gasteiger partial charge in [0.15, 0.2) is 5.69 Å². The highest BCUT2D eigenvalue weighted by molar-refractivity contribution is 6.31. The zero-order valence-electron chi connectivity index (χ0n) is 17.9. The molecule has 0 aliphatic carbocycles. The minimum Gasteiger partial charge on any atom is -0.361 e. The molecule has 0 unspecified atom stereocenters. The van der Waals surface area contributed by atoms with Gasteiger partial charge in [-0.15, -0.1) is 0 Å². The Morgan fingerprint density at radius 2 is 1.91 bits per heavy atom.